The number of hydrogen-bond acceptors (Lipinski definition) is 6. The van der Waals surface area contributed by atoms with Crippen LogP contribution in [0.25, 0.3) is 0 Å². The smallest absolute Gasteiger partial charge is 0.323 e. The molecule has 10 heteroatoms. The van der Waals surface area contributed by atoms with Crippen LogP contribution >= 0.6 is 0 Å². The predicted molar refractivity (Wildman–Crippen MR) is 73.7 cm³/mol. The first-order chi connectivity index (χ1) is 10.8. The Balaban J connectivity index is 2.02. The Hall–Kier alpha value is -2.52. The predicted octanol–water partition coefficient (Wildman–Crippen LogP) is -1.09. The lowest BCUT2D eigenvalue weighted by molar-refractivity contribution is -0.172. The number of ether oxygens (including phenoxy) is 2. The van der Waals surface area contributed by atoms with Gasteiger partial charge < -0.3 is 30.7 Å². The van der Waals surface area contributed by atoms with E-state index in [1.807, 2.05) is 0 Å². The van der Waals surface area contributed by atoms with Gasteiger partial charge in [0.05, 0.1) is 13.2 Å². The molecule has 2 saturated heterocycles. The van der Waals surface area contributed by atoms with E-state index in [-0.39, 0.29) is 26.1 Å². The zero-order valence-corrected chi connectivity index (χ0v) is 12.8. The first-order valence-electron chi connectivity index (χ1n) is 7.38. The van der Waals surface area contributed by atoms with Crippen LogP contribution in [0.4, 0.5) is 9.59 Å². The number of hydrogen-bond donors (Lipinski definition) is 4. The number of nitrogens with one attached hydrogen (secondary N) is 4. The molecule has 23 heavy (non-hydrogen) atoms. The number of esters is 2. The largest absolute Gasteiger partial charge is 0.465 e. The van der Waals surface area contributed by atoms with Crippen molar-refractivity contribution in [3.8, 4) is 0 Å². The molecule has 0 aromatic rings. The summed E-state index contributed by atoms with van der Waals surface area (Å²) in [6.07, 6.45) is -0.315. The molecule has 1 aliphatic carbocycles. The maximum absolute atomic E-state index is 12.5. The Kier molecular flexibility index (Phi) is 3.17. The standard InChI is InChI=1S/C13H18N4O6/c1-3-22-7(18)11(8(19)23-4-2)5-12-13(6-11,16-9(20)14-12)17-10(21)15-12/h3-6H2,1-2H3,(H2,14,16,20)(H2,15,17,21). The van der Waals surface area contributed by atoms with E-state index < -0.39 is 40.7 Å². The second kappa shape index (κ2) is 4.74. The lowest BCUT2D eigenvalue weighted by atomic mass is 9.84. The van der Waals surface area contributed by atoms with Gasteiger partial charge in [-0.25, -0.2) is 9.59 Å². The molecule has 0 aromatic heterocycles. The third-order valence-corrected chi connectivity index (χ3v) is 4.50. The molecule has 0 atom stereocenters. The van der Waals surface area contributed by atoms with Crippen molar-refractivity contribution < 1.29 is 28.7 Å². The molecule has 1 saturated carbocycles. The third kappa shape index (κ3) is 1.87. The molecule has 0 radical (unpaired) electrons. The summed E-state index contributed by atoms with van der Waals surface area (Å²) in [5, 5.41) is 10.4. The summed E-state index contributed by atoms with van der Waals surface area (Å²) in [7, 11) is 0. The van der Waals surface area contributed by atoms with Gasteiger partial charge in [-0.15, -0.1) is 0 Å². The Bertz CT molecular complexity index is 535. The highest BCUT2D eigenvalue weighted by Crippen LogP contribution is 2.53. The van der Waals surface area contributed by atoms with Crippen LogP contribution in [0.2, 0.25) is 0 Å². The summed E-state index contributed by atoms with van der Waals surface area (Å²) < 4.78 is 10.1. The van der Waals surface area contributed by atoms with Gasteiger partial charge in [0.15, 0.2) is 16.7 Å². The van der Waals surface area contributed by atoms with E-state index in [4.69, 9.17) is 9.47 Å². The zero-order valence-electron chi connectivity index (χ0n) is 12.8. The van der Waals surface area contributed by atoms with Gasteiger partial charge in [-0.2, -0.15) is 0 Å². The highest BCUT2D eigenvalue weighted by atomic mass is 16.6. The quantitative estimate of drug-likeness (QED) is 0.383. The fourth-order valence-corrected chi connectivity index (χ4v) is 3.68. The Morgan fingerprint density at radius 3 is 1.52 bits per heavy atom. The van der Waals surface area contributed by atoms with Crippen molar-refractivity contribution >= 4 is 24.0 Å². The van der Waals surface area contributed by atoms with Crippen molar-refractivity contribution in [2.24, 2.45) is 5.41 Å². The highest BCUT2D eigenvalue weighted by Gasteiger charge is 2.77. The van der Waals surface area contributed by atoms with E-state index in [1.54, 1.807) is 13.8 Å². The molecule has 4 amide bonds. The molecule has 3 rings (SSSR count). The van der Waals surface area contributed by atoms with Gasteiger partial charge in [0.1, 0.15) is 0 Å². The van der Waals surface area contributed by atoms with Crippen LogP contribution in [0, 0.1) is 5.41 Å². The van der Waals surface area contributed by atoms with E-state index in [0.717, 1.165) is 0 Å². The first kappa shape index (κ1) is 15.4. The van der Waals surface area contributed by atoms with Crippen LogP contribution in [0.15, 0.2) is 0 Å². The lowest BCUT2D eigenvalue weighted by Gasteiger charge is -2.29. The fourth-order valence-electron chi connectivity index (χ4n) is 3.68. The summed E-state index contributed by atoms with van der Waals surface area (Å²) in [4.78, 5) is 48.4. The maximum Gasteiger partial charge on any atom is 0.323 e. The molecular formula is C13H18N4O6. The number of urea groups is 2. The number of amides is 4. The van der Waals surface area contributed by atoms with Crippen molar-refractivity contribution in [3.63, 3.8) is 0 Å². The molecule has 2 aliphatic heterocycles. The van der Waals surface area contributed by atoms with Gasteiger partial charge in [-0.3, -0.25) is 9.59 Å². The summed E-state index contributed by atoms with van der Waals surface area (Å²) >= 11 is 0. The Morgan fingerprint density at radius 2 is 1.22 bits per heavy atom. The van der Waals surface area contributed by atoms with Crippen LogP contribution in [-0.2, 0) is 19.1 Å². The third-order valence-electron chi connectivity index (χ3n) is 4.50. The van der Waals surface area contributed by atoms with Crippen molar-refractivity contribution in [1.29, 1.82) is 0 Å². The summed E-state index contributed by atoms with van der Waals surface area (Å²) in [6, 6.07) is -1.00. The molecular weight excluding hydrogens is 308 g/mol. The normalized spacial score (nSPS) is 32.8. The molecule has 126 valence electrons. The van der Waals surface area contributed by atoms with Gasteiger partial charge >= 0.3 is 24.0 Å². The first-order valence-corrected chi connectivity index (χ1v) is 7.38. The number of carbonyl (C=O) groups is 4. The monoisotopic (exact) mass is 326 g/mol. The number of rotatable bonds is 4. The molecule has 4 N–H and O–H groups in total. The minimum Gasteiger partial charge on any atom is -0.465 e. The maximum atomic E-state index is 12.5. The van der Waals surface area contributed by atoms with E-state index >= 15 is 0 Å². The molecule has 3 fully saturated rings. The number of carbonyl (C=O) groups excluding carboxylic acids is 4. The lowest BCUT2D eigenvalue weighted by Crippen LogP contribution is -2.62. The minimum atomic E-state index is -1.62. The van der Waals surface area contributed by atoms with Gasteiger partial charge in [0.2, 0.25) is 0 Å². The van der Waals surface area contributed by atoms with Crippen LogP contribution < -0.4 is 21.3 Å². The van der Waals surface area contributed by atoms with Gasteiger partial charge in [-0.05, 0) is 13.8 Å². The van der Waals surface area contributed by atoms with E-state index in [9.17, 15) is 19.2 Å². The van der Waals surface area contributed by atoms with Crippen molar-refractivity contribution in [2.45, 2.75) is 38.0 Å². The van der Waals surface area contributed by atoms with Crippen molar-refractivity contribution in [1.82, 2.24) is 21.3 Å². The molecule has 2 heterocycles. The molecule has 0 aromatic carbocycles. The Labute approximate surface area is 131 Å². The molecule has 0 bridgehead atoms. The van der Waals surface area contributed by atoms with Crippen molar-refractivity contribution in [3.05, 3.63) is 0 Å². The van der Waals surface area contributed by atoms with Crippen LogP contribution in [0.3, 0.4) is 0 Å². The minimum absolute atomic E-state index is 0.0968. The summed E-state index contributed by atoms with van der Waals surface area (Å²) in [5.74, 6) is -1.47. The SMILES string of the molecule is CCOC(=O)C1(C(=O)OCC)CC23NC(=O)NC2(C1)NC(=O)N3. The highest BCUT2D eigenvalue weighted by molar-refractivity contribution is 6.03. The van der Waals surface area contributed by atoms with E-state index in [0.29, 0.717) is 0 Å². The van der Waals surface area contributed by atoms with E-state index in [1.165, 1.54) is 0 Å². The second-order valence-corrected chi connectivity index (χ2v) is 5.85. The molecule has 0 unspecified atom stereocenters. The van der Waals surface area contributed by atoms with Crippen LogP contribution in [0.1, 0.15) is 26.7 Å². The van der Waals surface area contributed by atoms with Gasteiger partial charge in [-0.1, -0.05) is 0 Å². The fraction of sp³-hybridized carbons (Fsp3) is 0.692. The molecule has 3 aliphatic rings. The molecule has 0 spiro atoms. The van der Waals surface area contributed by atoms with Gasteiger partial charge in [0, 0.05) is 12.8 Å². The summed E-state index contributed by atoms with van der Waals surface area (Å²) in [5.41, 5.74) is -4.20. The van der Waals surface area contributed by atoms with Crippen LogP contribution in [-0.4, -0.2) is 48.5 Å². The average Bonchev–Trinajstić information content (AvgIpc) is 2.92. The zero-order chi connectivity index (χ0) is 16.9. The topological polar surface area (TPSA) is 135 Å². The molecule has 10 nitrogen and oxygen atoms in total. The average molecular weight is 326 g/mol. The van der Waals surface area contributed by atoms with Gasteiger partial charge in [0.25, 0.3) is 0 Å². The summed E-state index contributed by atoms with van der Waals surface area (Å²) in [6.45, 7) is 3.45. The van der Waals surface area contributed by atoms with Crippen molar-refractivity contribution in [2.75, 3.05) is 13.2 Å². The van der Waals surface area contributed by atoms with Crippen LogP contribution in [0.5, 0.6) is 0 Å². The second-order valence-electron chi connectivity index (χ2n) is 5.85. The Morgan fingerprint density at radius 1 is 0.870 bits per heavy atom. The van der Waals surface area contributed by atoms with E-state index in [2.05, 4.69) is 21.3 Å².